The first-order valence-corrected chi connectivity index (χ1v) is 8.38. The Labute approximate surface area is 160 Å². The maximum Gasteiger partial charge on any atom is 0.277 e. The van der Waals surface area contributed by atoms with E-state index in [2.05, 4.69) is 15.8 Å². The van der Waals surface area contributed by atoms with Crippen LogP contribution >= 0.6 is 11.6 Å². The number of anilines is 1. The van der Waals surface area contributed by atoms with Crippen molar-refractivity contribution in [3.05, 3.63) is 76.6 Å². The van der Waals surface area contributed by atoms with Crippen LogP contribution < -0.4 is 15.4 Å². The number of aromatic nitrogens is 1. The highest BCUT2D eigenvalue weighted by Gasteiger charge is 2.14. The lowest BCUT2D eigenvalue weighted by molar-refractivity contribution is 0.0945. The molecule has 1 aromatic heterocycles. The van der Waals surface area contributed by atoms with Crippen molar-refractivity contribution in [1.82, 2.24) is 10.5 Å². The van der Waals surface area contributed by atoms with Gasteiger partial charge in [0.15, 0.2) is 11.5 Å². The Hall–Kier alpha value is -3.32. The molecule has 7 nitrogen and oxygen atoms in total. The summed E-state index contributed by atoms with van der Waals surface area (Å²) >= 11 is 5.81. The minimum atomic E-state index is -0.422. The van der Waals surface area contributed by atoms with Crippen LogP contribution in [0.4, 0.5) is 5.69 Å². The SMILES string of the molecule is COc1ccc(C(=O)NCc2cc(C(=O)Nc3ccc(Cl)cc3)no2)cc1. The minimum Gasteiger partial charge on any atom is -0.497 e. The minimum absolute atomic E-state index is 0.103. The molecule has 0 aliphatic heterocycles. The summed E-state index contributed by atoms with van der Waals surface area (Å²) in [5.41, 5.74) is 1.18. The van der Waals surface area contributed by atoms with Crippen LogP contribution in [0.25, 0.3) is 0 Å². The van der Waals surface area contributed by atoms with E-state index >= 15 is 0 Å². The van der Waals surface area contributed by atoms with Gasteiger partial charge in [0.1, 0.15) is 5.75 Å². The van der Waals surface area contributed by atoms with Crippen LogP contribution in [-0.2, 0) is 6.54 Å². The maximum absolute atomic E-state index is 12.2. The zero-order valence-electron chi connectivity index (χ0n) is 14.4. The molecular formula is C19H16ClN3O4. The third kappa shape index (κ3) is 4.86. The third-order valence-electron chi connectivity index (χ3n) is 3.67. The number of nitrogens with zero attached hydrogens (tertiary/aromatic N) is 1. The molecule has 0 atom stereocenters. The fourth-order valence-electron chi connectivity index (χ4n) is 2.24. The molecule has 0 aliphatic rings. The molecule has 3 rings (SSSR count). The van der Waals surface area contributed by atoms with Gasteiger partial charge in [0.25, 0.3) is 11.8 Å². The van der Waals surface area contributed by atoms with E-state index in [4.69, 9.17) is 20.9 Å². The predicted octanol–water partition coefficient (Wildman–Crippen LogP) is 3.52. The van der Waals surface area contributed by atoms with Gasteiger partial charge in [-0.25, -0.2) is 0 Å². The fourth-order valence-corrected chi connectivity index (χ4v) is 2.37. The molecule has 138 valence electrons. The van der Waals surface area contributed by atoms with Gasteiger partial charge in [-0.15, -0.1) is 0 Å². The van der Waals surface area contributed by atoms with Crippen molar-refractivity contribution in [2.75, 3.05) is 12.4 Å². The van der Waals surface area contributed by atoms with Gasteiger partial charge >= 0.3 is 0 Å². The lowest BCUT2D eigenvalue weighted by Crippen LogP contribution is -2.22. The van der Waals surface area contributed by atoms with Crippen molar-refractivity contribution in [2.45, 2.75) is 6.54 Å². The lowest BCUT2D eigenvalue weighted by Gasteiger charge is -2.04. The molecule has 2 aromatic carbocycles. The van der Waals surface area contributed by atoms with Gasteiger partial charge in [-0.3, -0.25) is 9.59 Å². The number of rotatable bonds is 6. The van der Waals surface area contributed by atoms with E-state index in [9.17, 15) is 9.59 Å². The number of amides is 2. The van der Waals surface area contributed by atoms with Gasteiger partial charge < -0.3 is 19.9 Å². The van der Waals surface area contributed by atoms with E-state index in [0.29, 0.717) is 27.8 Å². The molecule has 0 aliphatic carbocycles. The van der Waals surface area contributed by atoms with E-state index < -0.39 is 5.91 Å². The summed E-state index contributed by atoms with van der Waals surface area (Å²) in [5.74, 6) is 0.325. The number of nitrogens with one attached hydrogen (secondary N) is 2. The normalized spacial score (nSPS) is 10.3. The average molecular weight is 386 g/mol. The summed E-state index contributed by atoms with van der Waals surface area (Å²) in [7, 11) is 1.56. The third-order valence-corrected chi connectivity index (χ3v) is 3.92. The molecule has 0 radical (unpaired) electrons. The molecule has 0 bridgehead atoms. The fraction of sp³-hybridized carbons (Fsp3) is 0.105. The number of methoxy groups -OCH3 is 1. The first kappa shape index (κ1) is 18.5. The zero-order valence-corrected chi connectivity index (χ0v) is 15.1. The van der Waals surface area contributed by atoms with Gasteiger partial charge in [0.2, 0.25) is 0 Å². The number of carbonyl (C=O) groups excluding carboxylic acids is 2. The molecular weight excluding hydrogens is 370 g/mol. The van der Waals surface area contributed by atoms with Gasteiger partial charge in [-0.05, 0) is 48.5 Å². The van der Waals surface area contributed by atoms with E-state index in [-0.39, 0.29) is 18.1 Å². The number of benzene rings is 2. The smallest absolute Gasteiger partial charge is 0.277 e. The van der Waals surface area contributed by atoms with Gasteiger partial charge in [-0.2, -0.15) is 0 Å². The monoisotopic (exact) mass is 385 g/mol. The molecule has 0 saturated heterocycles. The molecule has 2 amide bonds. The first-order valence-electron chi connectivity index (χ1n) is 8.00. The molecule has 27 heavy (non-hydrogen) atoms. The van der Waals surface area contributed by atoms with Crippen molar-refractivity contribution in [3.63, 3.8) is 0 Å². The standard InChI is InChI=1S/C19H16ClN3O4/c1-26-15-8-2-12(3-9-15)18(24)21-11-16-10-17(23-27-16)19(25)22-14-6-4-13(20)5-7-14/h2-10H,11H2,1H3,(H,21,24)(H,22,25). The van der Waals surface area contributed by atoms with Gasteiger partial charge in [0.05, 0.1) is 13.7 Å². The Kier molecular flexibility index (Phi) is 5.73. The number of hydrogen-bond acceptors (Lipinski definition) is 5. The summed E-state index contributed by atoms with van der Waals surface area (Å²) in [6.45, 7) is 0.103. The average Bonchev–Trinajstić information content (AvgIpc) is 3.17. The van der Waals surface area contributed by atoms with Crippen LogP contribution in [0.15, 0.2) is 59.1 Å². The van der Waals surface area contributed by atoms with Crippen LogP contribution in [0.5, 0.6) is 5.75 Å². The molecule has 8 heteroatoms. The second-order valence-corrected chi connectivity index (χ2v) is 5.99. The van der Waals surface area contributed by atoms with Crippen LogP contribution in [0.3, 0.4) is 0 Å². The van der Waals surface area contributed by atoms with Gasteiger partial charge in [0, 0.05) is 22.3 Å². The lowest BCUT2D eigenvalue weighted by atomic mass is 10.2. The van der Waals surface area contributed by atoms with Gasteiger partial charge in [-0.1, -0.05) is 16.8 Å². The number of ether oxygens (including phenoxy) is 1. The molecule has 0 unspecified atom stereocenters. The Balaban J connectivity index is 1.56. The molecule has 0 fully saturated rings. The second-order valence-electron chi connectivity index (χ2n) is 5.55. The van der Waals surface area contributed by atoms with Crippen molar-refractivity contribution < 1.29 is 18.8 Å². The number of hydrogen-bond donors (Lipinski definition) is 2. The zero-order chi connectivity index (χ0) is 19.2. The Morgan fingerprint density at radius 3 is 2.44 bits per heavy atom. The van der Waals surface area contributed by atoms with Crippen LogP contribution in [0, 0.1) is 0 Å². The highest BCUT2D eigenvalue weighted by atomic mass is 35.5. The van der Waals surface area contributed by atoms with Crippen LogP contribution in [0.1, 0.15) is 26.6 Å². The molecule has 0 saturated carbocycles. The quantitative estimate of drug-likeness (QED) is 0.677. The highest BCUT2D eigenvalue weighted by Crippen LogP contribution is 2.15. The van der Waals surface area contributed by atoms with Crippen molar-refractivity contribution in [1.29, 1.82) is 0 Å². The Morgan fingerprint density at radius 1 is 1.07 bits per heavy atom. The van der Waals surface area contributed by atoms with Crippen LogP contribution in [-0.4, -0.2) is 24.1 Å². The number of halogens is 1. The Morgan fingerprint density at radius 2 is 1.78 bits per heavy atom. The Bertz CT molecular complexity index is 936. The summed E-state index contributed by atoms with van der Waals surface area (Å²) in [6, 6.07) is 14.9. The van der Waals surface area contributed by atoms with E-state index in [0.717, 1.165) is 0 Å². The van der Waals surface area contributed by atoms with Crippen molar-refractivity contribution in [2.24, 2.45) is 0 Å². The summed E-state index contributed by atoms with van der Waals surface area (Å²) in [6.07, 6.45) is 0. The van der Waals surface area contributed by atoms with E-state index in [1.54, 1.807) is 55.6 Å². The highest BCUT2D eigenvalue weighted by molar-refractivity contribution is 6.30. The molecule has 0 spiro atoms. The first-order chi connectivity index (χ1) is 13.0. The molecule has 3 aromatic rings. The van der Waals surface area contributed by atoms with Crippen molar-refractivity contribution >= 4 is 29.1 Å². The summed E-state index contributed by atoms with van der Waals surface area (Å²) < 4.78 is 10.2. The molecule has 1 heterocycles. The van der Waals surface area contributed by atoms with E-state index in [1.165, 1.54) is 6.07 Å². The van der Waals surface area contributed by atoms with Crippen LogP contribution in [0.2, 0.25) is 5.02 Å². The summed E-state index contributed by atoms with van der Waals surface area (Å²) in [4.78, 5) is 24.3. The summed E-state index contributed by atoms with van der Waals surface area (Å²) in [5, 5.41) is 9.68. The maximum atomic E-state index is 12.2. The predicted molar refractivity (Wildman–Crippen MR) is 100 cm³/mol. The number of carbonyl (C=O) groups is 2. The van der Waals surface area contributed by atoms with Crippen molar-refractivity contribution in [3.8, 4) is 5.75 Å². The second kappa shape index (κ2) is 8.37. The van der Waals surface area contributed by atoms with E-state index in [1.807, 2.05) is 0 Å². The largest absolute Gasteiger partial charge is 0.497 e. The molecule has 2 N–H and O–H groups in total. The topological polar surface area (TPSA) is 93.5 Å².